The Morgan fingerprint density at radius 2 is 2.04 bits per heavy atom. The Kier molecular flexibility index (Phi) is 5.30. The van der Waals surface area contributed by atoms with E-state index in [1.54, 1.807) is 6.07 Å². The van der Waals surface area contributed by atoms with Gasteiger partial charge < -0.3 is 9.72 Å². The molecule has 1 aromatic carbocycles. The molecule has 5 nitrogen and oxygen atoms in total. The maximum atomic E-state index is 11.8. The molecule has 4 rings (SSSR count). The molecule has 5 heteroatoms. The fraction of sp³-hybridized carbons (Fsp3) is 0.545. The molecule has 0 amide bonds. The lowest BCUT2D eigenvalue weighted by molar-refractivity contribution is 0.195. The van der Waals surface area contributed by atoms with Gasteiger partial charge in [-0.2, -0.15) is 0 Å². The number of aromatic amines is 1. The van der Waals surface area contributed by atoms with Crippen LogP contribution in [-0.4, -0.2) is 34.6 Å². The number of hydrogen-bond donors (Lipinski definition) is 1. The minimum atomic E-state index is -0.0492. The molecule has 2 heterocycles. The largest absolute Gasteiger partial charge is 0.494 e. The highest BCUT2D eigenvalue weighted by atomic mass is 16.5. The van der Waals surface area contributed by atoms with Crippen LogP contribution in [0.25, 0.3) is 0 Å². The second kappa shape index (κ2) is 7.85. The van der Waals surface area contributed by atoms with Gasteiger partial charge in [0.05, 0.1) is 12.3 Å². The molecule has 1 fully saturated rings. The third-order valence-corrected chi connectivity index (χ3v) is 5.77. The first-order chi connectivity index (χ1) is 13.1. The average molecular weight is 367 g/mol. The molecule has 1 saturated heterocycles. The maximum absolute atomic E-state index is 11.8. The average Bonchev–Trinajstić information content (AvgIpc) is 3.09. The number of rotatable bonds is 5. The van der Waals surface area contributed by atoms with Gasteiger partial charge in [-0.15, -0.1) is 0 Å². The molecular formula is C22H29N3O2. The van der Waals surface area contributed by atoms with Gasteiger partial charge in [0.2, 0.25) is 0 Å². The van der Waals surface area contributed by atoms with E-state index in [0.29, 0.717) is 18.3 Å². The van der Waals surface area contributed by atoms with Crippen LogP contribution in [0.3, 0.4) is 0 Å². The molecule has 1 aliphatic heterocycles. The van der Waals surface area contributed by atoms with Crippen molar-refractivity contribution in [2.75, 3.05) is 19.7 Å². The van der Waals surface area contributed by atoms with Crippen molar-refractivity contribution in [2.45, 2.75) is 58.4 Å². The van der Waals surface area contributed by atoms with Crippen molar-refractivity contribution >= 4 is 0 Å². The summed E-state index contributed by atoms with van der Waals surface area (Å²) in [7, 11) is 0. The Balaban J connectivity index is 1.53. The van der Waals surface area contributed by atoms with Crippen molar-refractivity contribution in [2.24, 2.45) is 0 Å². The van der Waals surface area contributed by atoms with Crippen LogP contribution in [0, 0.1) is 6.92 Å². The summed E-state index contributed by atoms with van der Waals surface area (Å²) in [5, 5.41) is 0. The van der Waals surface area contributed by atoms with Gasteiger partial charge in [0.25, 0.3) is 5.56 Å². The summed E-state index contributed by atoms with van der Waals surface area (Å²) in [5.74, 6) is 2.07. The maximum Gasteiger partial charge on any atom is 0.251 e. The van der Waals surface area contributed by atoms with Crippen molar-refractivity contribution in [1.82, 2.24) is 14.9 Å². The van der Waals surface area contributed by atoms with Crippen LogP contribution in [0.4, 0.5) is 0 Å². The molecule has 2 aromatic rings. The number of aromatic nitrogens is 2. The first kappa shape index (κ1) is 18.2. The predicted molar refractivity (Wildman–Crippen MR) is 106 cm³/mol. The van der Waals surface area contributed by atoms with E-state index in [9.17, 15) is 4.79 Å². The number of nitrogens with one attached hydrogen (secondary N) is 1. The van der Waals surface area contributed by atoms with Crippen molar-refractivity contribution in [1.29, 1.82) is 0 Å². The first-order valence-corrected chi connectivity index (χ1v) is 10.2. The van der Waals surface area contributed by atoms with Gasteiger partial charge >= 0.3 is 0 Å². The SMILES string of the molecule is CCOc1cc2c(cc1CN1CCC[C@@H](c3cc(=O)[nH]c(C)n3)C1)CCC2. The summed E-state index contributed by atoms with van der Waals surface area (Å²) in [6.45, 7) is 7.53. The fourth-order valence-corrected chi connectivity index (χ4v) is 4.56. The van der Waals surface area contributed by atoms with Crippen LogP contribution in [0.15, 0.2) is 23.0 Å². The van der Waals surface area contributed by atoms with E-state index in [2.05, 4.69) is 33.9 Å². The highest BCUT2D eigenvalue weighted by Gasteiger charge is 2.24. The zero-order valence-corrected chi connectivity index (χ0v) is 16.4. The molecule has 0 saturated carbocycles. The smallest absolute Gasteiger partial charge is 0.251 e. The molecular weight excluding hydrogens is 338 g/mol. The number of fused-ring (bicyclic) bond motifs is 1. The Bertz CT molecular complexity index is 874. The molecule has 1 atom stereocenters. The molecule has 0 bridgehead atoms. The second-order valence-electron chi connectivity index (χ2n) is 7.85. The first-order valence-electron chi connectivity index (χ1n) is 10.2. The minimum absolute atomic E-state index is 0.0492. The summed E-state index contributed by atoms with van der Waals surface area (Å²) in [5.41, 5.74) is 5.14. The van der Waals surface area contributed by atoms with Gasteiger partial charge in [-0.25, -0.2) is 4.98 Å². The van der Waals surface area contributed by atoms with E-state index in [0.717, 1.165) is 43.9 Å². The number of likely N-dealkylation sites (tertiary alicyclic amines) is 1. The lowest BCUT2D eigenvalue weighted by Crippen LogP contribution is -2.35. The molecule has 2 aliphatic rings. The third kappa shape index (κ3) is 4.08. The summed E-state index contributed by atoms with van der Waals surface area (Å²) >= 11 is 0. The van der Waals surface area contributed by atoms with Gasteiger partial charge in [0, 0.05) is 30.6 Å². The number of H-pyrrole nitrogens is 1. The third-order valence-electron chi connectivity index (χ3n) is 5.77. The number of hydrogen-bond acceptors (Lipinski definition) is 4. The molecule has 27 heavy (non-hydrogen) atoms. The lowest BCUT2D eigenvalue weighted by Gasteiger charge is -2.33. The minimum Gasteiger partial charge on any atom is -0.494 e. The number of nitrogens with zero attached hydrogens (tertiary/aromatic N) is 2. The molecule has 1 aliphatic carbocycles. The predicted octanol–water partition coefficient (Wildman–Crippen LogP) is 3.35. The van der Waals surface area contributed by atoms with Crippen LogP contribution in [0.2, 0.25) is 0 Å². The quantitative estimate of drug-likeness (QED) is 0.880. The van der Waals surface area contributed by atoms with Gasteiger partial charge in [-0.3, -0.25) is 9.69 Å². The molecule has 1 aromatic heterocycles. The number of benzene rings is 1. The number of ether oxygens (including phenoxy) is 1. The topological polar surface area (TPSA) is 58.2 Å². The molecule has 1 N–H and O–H groups in total. The van der Waals surface area contributed by atoms with E-state index < -0.39 is 0 Å². The zero-order valence-electron chi connectivity index (χ0n) is 16.4. The van der Waals surface area contributed by atoms with Gasteiger partial charge in [0.1, 0.15) is 11.6 Å². The van der Waals surface area contributed by atoms with Crippen LogP contribution >= 0.6 is 0 Å². The van der Waals surface area contributed by atoms with Gasteiger partial charge in [0.15, 0.2) is 0 Å². The van der Waals surface area contributed by atoms with Crippen molar-refractivity contribution < 1.29 is 4.74 Å². The second-order valence-corrected chi connectivity index (χ2v) is 7.85. The normalized spacial score (nSPS) is 19.9. The van der Waals surface area contributed by atoms with Crippen LogP contribution in [0.5, 0.6) is 5.75 Å². The number of piperidine rings is 1. The Morgan fingerprint density at radius 1 is 1.22 bits per heavy atom. The monoisotopic (exact) mass is 367 g/mol. The van der Waals surface area contributed by atoms with Crippen molar-refractivity contribution in [3.05, 3.63) is 56.8 Å². The lowest BCUT2D eigenvalue weighted by atomic mass is 9.94. The van der Waals surface area contributed by atoms with Crippen LogP contribution < -0.4 is 10.3 Å². The van der Waals surface area contributed by atoms with Crippen molar-refractivity contribution in [3.63, 3.8) is 0 Å². The highest BCUT2D eigenvalue weighted by molar-refractivity contribution is 5.45. The van der Waals surface area contributed by atoms with E-state index in [-0.39, 0.29) is 5.56 Å². The van der Waals surface area contributed by atoms with Crippen LogP contribution in [-0.2, 0) is 19.4 Å². The fourth-order valence-electron chi connectivity index (χ4n) is 4.56. The van der Waals surface area contributed by atoms with E-state index in [1.165, 1.54) is 36.0 Å². The van der Waals surface area contributed by atoms with Crippen molar-refractivity contribution in [3.8, 4) is 5.75 Å². The van der Waals surface area contributed by atoms with Gasteiger partial charge in [-0.05, 0) is 69.7 Å². The highest BCUT2D eigenvalue weighted by Crippen LogP contribution is 2.32. The molecule has 0 spiro atoms. The summed E-state index contributed by atoms with van der Waals surface area (Å²) in [6.07, 6.45) is 5.84. The Labute approximate surface area is 160 Å². The van der Waals surface area contributed by atoms with E-state index in [4.69, 9.17) is 4.74 Å². The zero-order chi connectivity index (χ0) is 18.8. The molecule has 0 unspecified atom stereocenters. The molecule has 0 radical (unpaired) electrons. The van der Waals surface area contributed by atoms with E-state index in [1.807, 2.05) is 6.92 Å². The van der Waals surface area contributed by atoms with Gasteiger partial charge in [-0.1, -0.05) is 6.07 Å². The van der Waals surface area contributed by atoms with E-state index >= 15 is 0 Å². The molecule has 144 valence electrons. The Hall–Kier alpha value is -2.14. The summed E-state index contributed by atoms with van der Waals surface area (Å²) < 4.78 is 5.96. The van der Waals surface area contributed by atoms with Crippen LogP contribution in [0.1, 0.15) is 60.3 Å². The Morgan fingerprint density at radius 3 is 2.81 bits per heavy atom. The standard InChI is InChI=1S/C22H29N3O2/c1-3-27-21-11-17-7-4-6-16(17)10-19(21)14-25-9-5-8-18(13-25)20-12-22(26)24-15(2)23-20/h10-12,18H,3-9,13-14H2,1-2H3,(H,23,24,26)/t18-/m1/s1. The number of aryl methyl sites for hydroxylation is 3. The summed E-state index contributed by atoms with van der Waals surface area (Å²) in [4.78, 5) is 21.7. The summed E-state index contributed by atoms with van der Waals surface area (Å²) in [6, 6.07) is 6.30.